The van der Waals surface area contributed by atoms with E-state index in [0.29, 0.717) is 12.0 Å². The van der Waals surface area contributed by atoms with Gasteiger partial charge >= 0.3 is 7.48 Å². The van der Waals surface area contributed by atoms with E-state index in [9.17, 15) is 8.78 Å². The van der Waals surface area contributed by atoms with E-state index < -0.39 is 11.6 Å². The lowest BCUT2D eigenvalue weighted by Crippen LogP contribution is -2.16. The van der Waals surface area contributed by atoms with Gasteiger partial charge in [0.25, 0.3) is 0 Å². The topological polar surface area (TPSA) is 20.2 Å². The lowest BCUT2D eigenvalue weighted by atomic mass is 9.89. The molecule has 11 heavy (non-hydrogen) atoms. The minimum Gasteiger partial charge on any atom is -0.450 e. The lowest BCUT2D eigenvalue weighted by molar-refractivity contribution is 0.508. The summed E-state index contributed by atoms with van der Waals surface area (Å²) < 4.78 is 25.1. The fourth-order valence-corrected chi connectivity index (χ4v) is 1.05. The number of halogens is 3. The molecule has 0 bridgehead atoms. The highest BCUT2D eigenvalue weighted by molar-refractivity contribution is 9.10. The van der Waals surface area contributed by atoms with Crippen LogP contribution in [0.3, 0.4) is 0 Å². The third-order valence-electron chi connectivity index (χ3n) is 1.18. The third-order valence-corrected chi connectivity index (χ3v) is 1.87. The number of rotatable bonds is 1. The van der Waals surface area contributed by atoms with Gasteiger partial charge in [0.05, 0.1) is 0 Å². The van der Waals surface area contributed by atoms with Crippen LogP contribution < -0.4 is 5.46 Å². The minimum absolute atomic E-state index is 0.212. The third kappa shape index (κ3) is 1.78. The second-order valence-corrected chi connectivity index (χ2v) is 2.77. The molecule has 0 aromatic heterocycles. The first-order chi connectivity index (χ1) is 5.15. The molecule has 0 aliphatic heterocycles. The first-order valence-electron chi connectivity index (χ1n) is 2.77. The van der Waals surface area contributed by atoms with Gasteiger partial charge in [-0.15, -0.1) is 0 Å². The molecule has 1 radical (unpaired) electrons. The zero-order valence-electron chi connectivity index (χ0n) is 5.31. The highest BCUT2D eigenvalue weighted by Gasteiger charge is 2.07. The SMILES string of the molecule is O[B]c1cc(F)c(F)cc1Br. The van der Waals surface area contributed by atoms with Crippen molar-refractivity contribution in [3.8, 4) is 0 Å². The molecule has 0 aliphatic rings. The molecule has 1 aromatic carbocycles. The van der Waals surface area contributed by atoms with Crippen molar-refractivity contribution < 1.29 is 13.8 Å². The van der Waals surface area contributed by atoms with Crippen molar-refractivity contribution in [3.05, 3.63) is 28.2 Å². The van der Waals surface area contributed by atoms with Gasteiger partial charge in [0.15, 0.2) is 11.6 Å². The maximum atomic E-state index is 12.4. The van der Waals surface area contributed by atoms with Crippen molar-refractivity contribution >= 4 is 28.9 Å². The Kier molecular flexibility index (Phi) is 2.62. The molecule has 1 N–H and O–H groups in total. The zero-order chi connectivity index (χ0) is 8.43. The summed E-state index contributed by atoms with van der Waals surface area (Å²) in [6, 6.07) is 1.86. The van der Waals surface area contributed by atoms with E-state index in [1.165, 1.54) is 0 Å². The van der Waals surface area contributed by atoms with Gasteiger partial charge in [0.1, 0.15) is 0 Å². The fraction of sp³-hybridized carbons (Fsp3) is 0. The van der Waals surface area contributed by atoms with Crippen LogP contribution in [-0.2, 0) is 0 Å². The van der Waals surface area contributed by atoms with E-state index in [4.69, 9.17) is 5.02 Å². The van der Waals surface area contributed by atoms with Crippen molar-refractivity contribution in [2.75, 3.05) is 0 Å². The Morgan fingerprint density at radius 1 is 1.27 bits per heavy atom. The summed E-state index contributed by atoms with van der Waals surface area (Å²) in [6.45, 7) is 0. The van der Waals surface area contributed by atoms with Crippen LogP contribution in [0.5, 0.6) is 0 Å². The molecule has 1 nitrogen and oxygen atoms in total. The van der Waals surface area contributed by atoms with E-state index in [1.807, 2.05) is 0 Å². The summed E-state index contributed by atoms with van der Waals surface area (Å²) in [5.41, 5.74) is 0.212. The lowest BCUT2D eigenvalue weighted by Gasteiger charge is -1.99. The van der Waals surface area contributed by atoms with E-state index in [1.54, 1.807) is 0 Å². The van der Waals surface area contributed by atoms with Crippen molar-refractivity contribution in [2.45, 2.75) is 0 Å². The molecule has 57 valence electrons. The second kappa shape index (κ2) is 3.32. The second-order valence-electron chi connectivity index (χ2n) is 1.92. The van der Waals surface area contributed by atoms with Crippen LogP contribution >= 0.6 is 15.9 Å². The Bertz CT molecular complexity index is 280. The highest BCUT2D eigenvalue weighted by atomic mass is 79.9. The van der Waals surface area contributed by atoms with E-state index in [2.05, 4.69) is 15.9 Å². The summed E-state index contributed by atoms with van der Waals surface area (Å²) in [7, 11) is 0.701. The van der Waals surface area contributed by atoms with Gasteiger partial charge in [-0.05, 0) is 17.6 Å². The van der Waals surface area contributed by atoms with Gasteiger partial charge in [0, 0.05) is 4.47 Å². The molecule has 0 amide bonds. The molecule has 1 aromatic rings. The molecule has 0 aliphatic carbocycles. The highest BCUT2D eigenvalue weighted by Crippen LogP contribution is 2.11. The maximum absolute atomic E-state index is 12.4. The number of benzene rings is 1. The van der Waals surface area contributed by atoms with E-state index in [0.717, 1.165) is 12.1 Å². The van der Waals surface area contributed by atoms with Gasteiger partial charge in [-0.1, -0.05) is 15.9 Å². The smallest absolute Gasteiger partial charge is 0.328 e. The van der Waals surface area contributed by atoms with Crippen molar-refractivity contribution in [1.82, 2.24) is 0 Å². The van der Waals surface area contributed by atoms with Crippen LogP contribution in [0, 0.1) is 11.6 Å². The van der Waals surface area contributed by atoms with E-state index >= 15 is 0 Å². The van der Waals surface area contributed by atoms with Crippen LogP contribution in [0.2, 0.25) is 0 Å². The van der Waals surface area contributed by atoms with Gasteiger partial charge in [0.2, 0.25) is 0 Å². The molecule has 0 heterocycles. The summed E-state index contributed by atoms with van der Waals surface area (Å²) >= 11 is 2.94. The average molecular weight is 220 g/mol. The Morgan fingerprint density at radius 3 is 2.36 bits per heavy atom. The fourth-order valence-electron chi connectivity index (χ4n) is 0.637. The molecule has 0 saturated heterocycles. The Balaban J connectivity index is 3.21. The molecule has 5 heteroatoms. The predicted octanol–water partition coefficient (Wildman–Crippen LogP) is 0.964. The summed E-state index contributed by atoms with van der Waals surface area (Å²) in [6.07, 6.45) is 0. The molecule has 0 atom stereocenters. The maximum Gasteiger partial charge on any atom is 0.328 e. The standard InChI is InChI=1S/C6H3BBrF2O/c8-4-2-6(10)5(9)1-3(4)7-11/h1-2,11H. The average Bonchev–Trinajstić information content (AvgIpc) is 1.97. The largest absolute Gasteiger partial charge is 0.450 e. The molecule has 0 saturated carbocycles. The number of hydrogen-bond donors (Lipinski definition) is 1. The first-order valence-corrected chi connectivity index (χ1v) is 3.56. The Hall–Kier alpha value is -0.415. The molecule has 0 spiro atoms. The van der Waals surface area contributed by atoms with Crippen LogP contribution in [0.25, 0.3) is 0 Å². The summed E-state index contributed by atoms with van der Waals surface area (Å²) in [4.78, 5) is 0. The van der Waals surface area contributed by atoms with Gasteiger partial charge in [-0.3, -0.25) is 0 Å². The van der Waals surface area contributed by atoms with Crippen molar-refractivity contribution in [1.29, 1.82) is 0 Å². The van der Waals surface area contributed by atoms with Crippen LogP contribution in [0.4, 0.5) is 8.78 Å². The normalized spacial score (nSPS) is 9.82. The molecular weight excluding hydrogens is 217 g/mol. The van der Waals surface area contributed by atoms with Crippen molar-refractivity contribution in [3.63, 3.8) is 0 Å². The van der Waals surface area contributed by atoms with Crippen LogP contribution in [0.15, 0.2) is 16.6 Å². The molecule has 0 fully saturated rings. The van der Waals surface area contributed by atoms with Crippen molar-refractivity contribution in [2.24, 2.45) is 0 Å². The summed E-state index contributed by atoms with van der Waals surface area (Å²) in [5.74, 6) is -1.92. The number of hydrogen-bond acceptors (Lipinski definition) is 1. The van der Waals surface area contributed by atoms with Crippen LogP contribution in [0.1, 0.15) is 0 Å². The Morgan fingerprint density at radius 2 is 1.82 bits per heavy atom. The predicted molar refractivity (Wildman–Crippen MR) is 41.7 cm³/mol. The molecule has 1 rings (SSSR count). The zero-order valence-corrected chi connectivity index (χ0v) is 6.90. The van der Waals surface area contributed by atoms with Gasteiger partial charge < -0.3 is 5.02 Å². The van der Waals surface area contributed by atoms with E-state index in [-0.39, 0.29) is 5.46 Å². The summed E-state index contributed by atoms with van der Waals surface area (Å²) in [5, 5.41) is 8.49. The van der Waals surface area contributed by atoms with Crippen LogP contribution in [-0.4, -0.2) is 12.5 Å². The first kappa shape index (κ1) is 8.68. The molecule has 0 unspecified atom stereocenters. The monoisotopic (exact) mass is 219 g/mol. The Labute approximate surface area is 71.4 Å². The minimum atomic E-state index is -0.978. The van der Waals surface area contributed by atoms with Gasteiger partial charge in [-0.25, -0.2) is 8.78 Å². The van der Waals surface area contributed by atoms with Gasteiger partial charge in [-0.2, -0.15) is 0 Å². The quantitative estimate of drug-likeness (QED) is 0.551. The molecular formula is C6H3BBrF2O.